The van der Waals surface area contributed by atoms with E-state index in [1.165, 1.54) is 5.56 Å². The van der Waals surface area contributed by atoms with Crippen LogP contribution in [-0.4, -0.2) is 25.3 Å². The van der Waals surface area contributed by atoms with Gasteiger partial charge in [0.15, 0.2) is 0 Å². The number of rotatable bonds is 4. The maximum atomic E-state index is 5.97. The zero-order valence-electron chi connectivity index (χ0n) is 11.9. The number of hydrogen-bond donors (Lipinski definition) is 1. The average Bonchev–Trinajstić information content (AvgIpc) is 2.62. The number of benzene rings is 1. The Morgan fingerprint density at radius 3 is 2.28 bits per heavy atom. The van der Waals surface area contributed by atoms with Gasteiger partial charge in [0, 0.05) is 12.0 Å². The fraction of sp³-hybridized carbons (Fsp3) is 0.625. The molecule has 0 spiro atoms. The molecule has 5 atom stereocenters. The van der Waals surface area contributed by atoms with E-state index in [0.717, 1.165) is 6.42 Å². The number of nitrogens with one attached hydrogen (secondary N) is 1. The van der Waals surface area contributed by atoms with Gasteiger partial charge in [0.2, 0.25) is 0 Å². The van der Waals surface area contributed by atoms with Gasteiger partial charge in [-0.2, -0.15) is 0 Å². The van der Waals surface area contributed by atoms with E-state index in [9.17, 15) is 0 Å². The molecule has 0 saturated carbocycles. The Labute approximate surface area is 111 Å². The fourth-order valence-electron chi connectivity index (χ4n) is 3.29. The van der Waals surface area contributed by atoms with Crippen molar-refractivity contribution in [2.75, 3.05) is 7.05 Å². The monoisotopic (exact) mass is 247 g/mol. The summed E-state index contributed by atoms with van der Waals surface area (Å²) < 4.78 is 5.97. The lowest BCUT2D eigenvalue weighted by molar-refractivity contribution is 0.0479. The zero-order valence-corrected chi connectivity index (χ0v) is 11.9. The van der Waals surface area contributed by atoms with E-state index >= 15 is 0 Å². The van der Waals surface area contributed by atoms with Crippen molar-refractivity contribution in [3.05, 3.63) is 35.9 Å². The summed E-state index contributed by atoms with van der Waals surface area (Å²) in [6.45, 7) is 6.71. The SMILES string of the molecule is CNC(Cc1ccccc1)C1C(C)OC(C)C1C. The Bertz CT molecular complexity index is 365. The average molecular weight is 247 g/mol. The summed E-state index contributed by atoms with van der Waals surface area (Å²) in [4.78, 5) is 0. The Morgan fingerprint density at radius 2 is 1.78 bits per heavy atom. The molecule has 1 fully saturated rings. The summed E-state index contributed by atoms with van der Waals surface area (Å²) in [5.41, 5.74) is 1.40. The third-order valence-electron chi connectivity index (χ3n) is 4.45. The summed E-state index contributed by atoms with van der Waals surface area (Å²) in [6, 6.07) is 11.2. The standard InChI is InChI=1S/C16H25NO/c1-11-12(2)18-13(3)16(11)15(17-4)10-14-8-6-5-7-9-14/h5-9,11-13,15-17H,10H2,1-4H3. The lowest BCUT2D eigenvalue weighted by Gasteiger charge is -2.28. The quantitative estimate of drug-likeness (QED) is 0.883. The van der Waals surface area contributed by atoms with Gasteiger partial charge in [-0.3, -0.25) is 0 Å². The highest BCUT2D eigenvalue weighted by atomic mass is 16.5. The van der Waals surface area contributed by atoms with Crippen molar-refractivity contribution in [3.63, 3.8) is 0 Å². The van der Waals surface area contributed by atoms with E-state index in [4.69, 9.17) is 4.74 Å². The Morgan fingerprint density at radius 1 is 1.11 bits per heavy atom. The van der Waals surface area contributed by atoms with Crippen LogP contribution in [0.15, 0.2) is 30.3 Å². The van der Waals surface area contributed by atoms with Crippen LogP contribution in [0.3, 0.4) is 0 Å². The third-order valence-corrected chi connectivity index (χ3v) is 4.45. The molecule has 0 bridgehead atoms. The summed E-state index contributed by atoms with van der Waals surface area (Å²) in [5, 5.41) is 3.49. The molecule has 0 aromatic heterocycles. The highest BCUT2D eigenvalue weighted by molar-refractivity contribution is 5.16. The molecule has 1 aromatic rings. The number of ether oxygens (including phenoxy) is 1. The molecule has 2 rings (SSSR count). The van der Waals surface area contributed by atoms with Crippen LogP contribution in [0.4, 0.5) is 0 Å². The van der Waals surface area contributed by atoms with Crippen LogP contribution < -0.4 is 5.32 Å². The Kier molecular flexibility index (Phi) is 4.41. The molecule has 2 nitrogen and oxygen atoms in total. The van der Waals surface area contributed by atoms with Crippen LogP contribution in [0.2, 0.25) is 0 Å². The normalized spacial score (nSPS) is 33.6. The molecule has 1 aliphatic heterocycles. The molecule has 18 heavy (non-hydrogen) atoms. The van der Waals surface area contributed by atoms with Gasteiger partial charge in [-0.1, -0.05) is 37.3 Å². The predicted octanol–water partition coefficient (Wildman–Crippen LogP) is 2.88. The largest absolute Gasteiger partial charge is 0.375 e. The zero-order chi connectivity index (χ0) is 13.1. The number of likely N-dealkylation sites (N-methyl/N-ethyl adjacent to an activating group) is 1. The summed E-state index contributed by atoms with van der Waals surface area (Å²) >= 11 is 0. The van der Waals surface area contributed by atoms with Crippen molar-refractivity contribution >= 4 is 0 Å². The van der Waals surface area contributed by atoms with Gasteiger partial charge in [-0.05, 0) is 38.8 Å². The number of hydrogen-bond acceptors (Lipinski definition) is 2. The van der Waals surface area contributed by atoms with Crippen LogP contribution >= 0.6 is 0 Å². The highest BCUT2D eigenvalue weighted by Crippen LogP contribution is 2.35. The van der Waals surface area contributed by atoms with Crippen molar-refractivity contribution in [1.29, 1.82) is 0 Å². The lowest BCUT2D eigenvalue weighted by Crippen LogP contribution is -2.41. The smallest absolute Gasteiger partial charge is 0.0597 e. The minimum Gasteiger partial charge on any atom is -0.375 e. The van der Waals surface area contributed by atoms with Gasteiger partial charge in [-0.15, -0.1) is 0 Å². The maximum absolute atomic E-state index is 5.97. The molecule has 100 valence electrons. The minimum absolute atomic E-state index is 0.344. The molecule has 2 heteroatoms. The molecular formula is C16H25NO. The van der Waals surface area contributed by atoms with Gasteiger partial charge in [0.1, 0.15) is 0 Å². The van der Waals surface area contributed by atoms with Crippen molar-refractivity contribution in [1.82, 2.24) is 5.32 Å². The molecule has 1 saturated heterocycles. The van der Waals surface area contributed by atoms with Gasteiger partial charge >= 0.3 is 0 Å². The molecule has 1 N–H and O–H groups in total. The van der Waals surface area contributed by atoms with E-state index in [-0.39, 0.29) is 0 Å². The van der Waals surface area contributed by atoms with E-state index in [1.54, 1.807) is 0 Å². The predicted molar refractivity (Wildman–Crippen MR) is 75.7 cm³/mol. The van der Waals surface area contributed by atoms with E-state index in [2.05, 4.69) is 63.5 Å². The van der Waals surface area contributed by atoms with Crippen LogP contribution in [0.25, 0.3) is 0 Å². The second-order valence-corrected chi connectivity index (χ2v) is 5.57. The molecule has 1 aliphatic rings. The van der Waals surface area contributed by atoms with Crippen LogP contribution in [0, 0.1) is 11.8 Å². The van der Waals surface area contributed by atoms with Gasteiger partial charge in [0.25, 0.3) is 0 Å². The maximum Gasteiger partial charge on any atom is 0.0597 e. The molecule has 1 aromatic carbocycles. The molecule has 0 aliphatic carbocycles. The molecule has 0 radical (unpaired) electrons. The summed E-state index contributed by atoms with van der Waals surface area (Å²) in [5.74, 6) is 1.20. The third kappa shape index (κ3) is 2.76. The molecule has 5 unspecified atom stereocenters. The summed E-state index contributed by atoms with van der Waals surface area (Å²) in [6.07, 6.45) is 1.79. The highest BCUT2D eigenvalue weighted by Gasteiger charge is 2.40. The van der Waals surface area contributed by atoms with Crippen molar-refractivity contribution in [3.8, 4) is 0 Å². The van der Waals surface area contributed by atoms with E-state index in [0.29, 0.717) is 30.1 Å². The topological polar surface area (TPSA) is 21.3 Å². The van der Waals surface area contributed by atoms with Crippen molar-refractivity contribution in [2.45, 2.75) is 45.4 Å². The first-order valence-electron chi connectivity index (χ1n) is 7.00. The Balaban J connectivity index is 2.09. The fourth-order valence-corrected chi connectivity index (χ4v) is 3.29. The van der Waals surface area contributed by atoms with Gasteiger partial charge in [0.05, 0.1) is 12.2 Å². The van der Waals surface area contributed by atoms with Crippen LogP contribution in [0.1, 0.15) is 26.3 Å². The summed E-state index contributed by atoms with van der Waals surface area (Å²) in [7, 11) is 2.07. The van der Waals surface area contributed by atoms with Crippen LogP contribution in [-0.2, 0) is 11.2 Å². The second kappa shape index (κ2) is 5.85. The minimum atomic E-state index is 0.344. The first-order chi connectivity index (χ1) is 8.63. The molecular weight excluding hydrogens is 222 g/mol. The van der Waals surface area contributed by atoms with E-state index < -0.39 is 0 Å². The van der Waals surface area contributed by atoms with Gasteiger partial charge < -0.3 is 10.1 Å². The van der Waals surface area contributed by atoms with E-state index in [1.807, 2.05) is 0 Å². The molecule has 1 heterocycles. The van der Waals surface area contributed by atoms with Gasteiger partial charge in [-0.25, -0.2) is 0 Å². The first-order valence-corrected chi connectivity index (χ1v) is 7.00. The molecule has 0 amide bonds. The second-order valence-electron chi connectivity index (χ2n) is 5.57. The Hall–Kier alpha value is -0.860. The van der Waals surface area contributed by atoms with Crippen LogP contribution in [0.5, 0.6) is 0 Å². The first kappa shape index (κ1) is 13.6. The van der Waals surface area contributed by atoms with Crippen molar-refractivity contribution < 1.29 is 4.74 Å². The van der Waals surface area contributed by atoms with Crippen molar-refractivity contribution in [2.24, 2.45) is 11.8 Å². The lowest BCUT2D eigenvalue weighted by atomic mass is 9.81.